The fraction of sp³-hybridized carbons (Fsp3) is 0.321. The van der Waals surface area contributed by atoms with E-state index in [9.17, 15) is 9.59 Å². The quantitative estimate of drug-likeness (QED) is 0.395. The molecule has 0 bridgehead atoms. The van der Waals surface area contributed by atoms with Crippen molar-refractivity contribution in [2.75, 3.05) is 10.6 Å². The van der Waals surface area contributed by atoms with Crippen molar-refractivity contribution in [1.29, 1.82) is 0 Å². The van der Waals surface area contributed by atoms with Gasteiger partial charge in [0.15, 0.2) is 0 Å². The van der Waals surface area contributed by atoms with Crippen LogP contribution in [0.15, 0.2) is 47.5 Å². The summed E-state index contributed by atoms with van der Waals surface area (Å²) in [4.78, 5) is 32.4. The molecule has 35 heavy (non-hydrogen) atoms. The van der Waals surface area contributed by atoms with Crippen molar-refractivity contribution in [2.24, 2.45) is 16.3 Å². The lowest BCUT2D eigenvalue weighted by atomic mass is 9.72. The number of thiophene rings is 1. The third-order valence-corrected chi connectivity index (χ3v) is 8.31. The summed E-state index contributed by atoms with van der Waals surface area (Å²) in [5, 5.41) is 7.11. The molecular formula is C28H28ClN3O2S. The normalized spacial score (nSPS) is 18.3. The predicted molar refractivity (Wildman–Crippen MR) is 145 cm³/mol. The van der Waals surface area contributed by atoms with Crippen LogP contribution in [0.2, 0.25) is 5.02 Å². The molecule has 2 amide bonds. The number of nitrogens with one attached hydrogen (secondary N) is 2. The van der Waals surface area contributed by atoms with Crippen molar-refractivity contribution in [3.8, 4) is 0 Å². The number of carbonyl (C=O) groups is 2. The van der Waals surface area contributed by atoms with E-state index >= 15 is 0 Å². The van der Waals surface area contributed by atoms with E-state index in [0.717, 1.165) is 41.6 Å². The first-order valence-electron chi connectivity index (χ1n) is 11.8. The highest BCUT2D eigenvalue weighted by Gasteiger charge is 2.35. The van der Waals surface area contributed by atoms with Crippen molar-refractivity contribution in [1.82, 2.24) is 0 Å². The number of amides is 2. The number of aliphatic imine (C=N–C) groups is 1. The Balaban J connectivity index is 1.59. The zero-order valence-electron chi connectivity index (χ0n) is 20.3. The highest BCUT2D eigenvalue weighted by Crippen LogP contribution is 2.46. The Morgan fingerprint density at radius 3 is 2.63 bits per heavy atom. The van der Waals surface area contributed by atoms with Crippen LogP contribution in [0, 0.1) is 18.3 Å². The molecule has 0 spiro atoms. The number of aryl methyl sites for hydroxylation is 1. The van der Waals surface area contributed by atoms with E-state index in [4.69, 9.17) is 16.6 Å². The summed E-state index contributed by atoms with van der Waals surface area (Å²) >= 11 is 7.55. The molecule has 0 radical (unpaired) electrons. The van der Waals surface area contributed by atoms with Gasteiger partial charge in [-0.05, 0) is 79.5 Å². The Bertz CT molecular complexity index is 1370. The maximum Gasteiger partial charge on any atom is 0.275 e. The van der Waals surface area contributed by atoms with Crippen LogP contribution < -0.4 is 10.6 Å². The molecule has 0 fully saturated rings. The number of carbonyl (C=O) groups excluding carboxylic acids is 2. The van der Waals surface area contributed by atoms with Crippen LogP contribution in [0.3, 0.4) is 0 Å². The van der Waals surface area contributed by atoms with Crippen LogP contribution in [-0.4, -0.2) is 17.5 Å². The summed E-state index contributed by atoms with van der Waals surface area (Å²) in [6.45, 7) is 8.80. The Labute approximate surface area is 214 Å². The molecule has 2 aromatic carbocycles. The zero-order valence-corrected chi connectivity index (χ0v) is 21.9. The molecule has 1 aliphatic carbocycles. The highest BCUT2D eigenvalue weighted by atomic mass is 35.5. The molecule has 0 saturated heterocycles. The number of rotatable bonds is 3. The fourth-order valence-electron chi connectivity index (χ4n) is 4.83. The third-order valence-electron chi connectivity index (χ3n) is 6.91. The molecule has 1 atom stereocenters. The lowest BCUT2D eigenvalue weighted by molar-refractivity contribution is -0.110. The molecular weight excluding hydrogens is 478 g/mol. The van der Waals surface area contributed by atoms with Crippen molar-refractivity contribution in [3.05, 3.63) is 74.6 Å². The monoisotopic (exact) mass is 505 g/mol. The van der Waals surface area contributed by atoms with Gasteiger partial charge in [0.25, 0.3) is 11.8 Å². The molecule has 3 aromatic rings. The average molecular weight is 506 g/mol. The Hall–Kier alpha value is -2.96. The van der Waals surface area contributed by atoms with Gasteiger partial charge in [-0.3, -0.25) is 9.59 Å². The highest BCUT2D eigenvalue weighted by molar-refractivity contribution is 7.16. The minimum Gasteiger partial charge on any atom is -0.322 e. The Morgan fingerprint density at radius 1 is 1.17 bits per heavy atom. The van der Waals surface area contributed by atoms with Gasteiger partial charge in [-0.2, -0.15) is 0 Å². The van der Waals surface area contributed by atoms with Gasteiger partial charge in [0, 0.05) is 21.2 Å². The summed E-state index contributed by atoms with van der Waals surface area (Å²) in [5.74, 6) is 0.0781. The van der Waals surface area contributed by atoms with E-state index in [1.54, 1.807) is 35.6 Å². The average Bonchev–Trinajstić information content (AvgIpc) is 3.31. The Kier molecular flexibility index (Phi) is 6.06. The van der Waals surface area contributed by atoms with Crippen LogP contribution in [0.4, 0.5) is 16.4 Å². The summed E-state index contributed by atoms with van der Waals surface area (Å²) in [5.41, 5.74) is 5.42. The predicted octanol–water partition coefficient (Wildman–Crippen LogP) is 7.19. The van der Waals surface area contributed by atoms with E-state index in [-0.39, 0.29) is 17.2 Å². The van der Waals surface area contributed by atoms with Gasteiger partial charge in [0.2, 0.25) is 0 Å². The Morgan fingerprint density at radius 2 is 1.91 bits per heavy atom. The number of halogens is 1. The first-order valence-corrected chi connectivity index (χ1v) is 13.0. The molecule has 2 heterocycles. The minimum absolute atomic E-state index is 0.182. The van der Waals surface area contributed by atoms with Gasteiger partial charge in [0.05, 0.1) is 11.3 Å². The number of benzene rings is 2. The third kappa shape index (κ3) is 4.65. The largest absolute Gasteiger partial charge is 0.322 e. The molecule has 0 unspecified atom stereocenters. The van der Waals surface area contributed by atoms with Gasteiger partial charge in [0.1, 0.15) is 10.7 Å². The second-order valence-corrected chi connectivity index (χ2v) is 11.9. The SMILES string of the molecule is Cc1ccc2c(c1)C(=Nc1sc3c(c1C(=O)Nc1ccc(Cl)cc1)CC[C@H](C(C)(C)C)C3)C(=O)N2. The van der Waals surface area contributed by atoms with Gasteiger partial charge >= 0.3 is 0 Å². The van der Waals surface area contributed by atoms with E-state index in [0.29, 0.717) is 32.9 Å². The van der Waals surface area contributed by atoms with Crippen molar-refractivity contribution >= 4 is 56.8 Å². The molecule has 5 rings (SSSR count). The molecule has 2 N–H and O–H groups in total. The van der Waals surface area contributed by atoms with E-state index in [1.165, 1.54) is 4.88 Å². The van der Waals surface area contributed by atoms with Crippen molar-refractivity contribution < 1.29 is 9.59 Å². The maximum atomic E-state index is 13.6. The van der Waals surface area contributed by atoms with Crippen LogP contribution in [0.1, 0.15) is 59.1 Å². The molecule has 1 aromatic heterocycles. The van der Waals surface area contributed by atoms with E-state index < -0.39 is 0 Å². The van der Waals surface area contributed by atoms with Gasteiger partial charge in [-0.25, -0.2) is 4.99 Å². The smallest absolute Gasteiger partial charge is 0.275 e. The number of fused-ring (bicyclic) bond motifs is 2. The lowest BCUT2D eigenvalue weighted by Gasteiger charge is -2.33. The zero-order chi connectivity index (χ0) is 24.9. The molecule has 7 heteroatoms. The number of hydrogen-bond donors (Lipinski definition) is 2. The van der Waals surface area contributed by atoms with Crippen molar-refractivity contribution in [3.63, 3.8) is 0 Å². The fourth-order valence-corrected chi connectivity index (χ4v) is 6.26. The topological polar surface area (TPSA) is 70.6 Å². The minimum atomic E-state index is -0.242. The second-order valence-electron chi connectivity index (χ2n) is 10.4. The van der Waals surface area contributed by atoms with Crippen molar-refractivity contribution in [2.45, 2.75) is 47.0 Å². The van der Waals surface area contributed by atoms with Crippen LogP contribution in [0.25, 0.3) is 0 Å². The first-order chi connectivity index (χ1) is 16.6. The number of anilines is 2. The summed E-state index contributed by atoms with van der Waals surface area (Å²) in [7, 11) is 0. The first kappa shape index (κ1) is 23.8. The van der Waals surface area contributed by atoms with Gasteiger partial charge in [-0.15, -0.1) is 11.3 Å². The lowest BCUT2D eigenvalue weighted by Crippen LogP contribution is -2.27. The molecule has 0 saturated carbocycles. The van der Waals surface area contributed by atoms with Gasteiger partial charge in [-0.1, -0.05) is 44.0 Å². The summed E-state index contributed by atoms with van der Waals surface area (Å²) in [6, 6.07) is 12.9. The summed E-state index contributed by atoms with van der Waals surface area (Å²) in [6.07, 6.45) is 2.76. The second kappa shape index (κ2) is 8.92. The van der Waals surface area contributed by atoms with Crippen LogP contribution >= 0.6 is 22.9 Å². The van der Waals surface area contributed by atoms with Crippen LogP contribution in [-0.2, 0) is 17.6 Å². The van der Waals surface area contributed by atoms with Crippen LogP contribution in [0.5, 0.6) is 0 Å². The molecule has 5 nitrogen and oxygen atoms in total. The molecule has 1 aliphatic heterocycles. The molecule has 2 aliphatic rings. The van der Waals surface area contributed by atoms with E-state index in [1.807, 2.05) is 25.1 Å². The number of hydrogen-bond acceptors (Lipinski definition) is 4. The standard InChI is InChI=1S/C28H28ClN3O2S/c1-15-5-12-21-20(13-15)24(26(34)31-21)32-27-23(25(33)30-18-9-7-17(29)8-10-18)19-11-6-16(28(2,3)4)14-22(19)35-27/h5,7-10,12-13,16H,6,11,14H2,1-4H3,(H,30,33)(H,31,32,34)/t16-/m0/s1. The summed E-state index contributed by atoms with van der Waals surface area (Å²) < 4.78 is 0. The van der Waals surface area contributed by atoms with E-state index in [2.05, 4.69) is 31.4 Å². The van der Waals surface area contributed by atoms with Gasteiger partial charge < -0.3 is 10.6 Å². The number of nitrogens with zero attached hydrogens (tertiary/aromatic N) is 1. The maximum absolute atomic E-state index is 13.6. The molecule has 180 valence electrons.